The zero-order chi connectivity index (χ0) is 48.4. The van der Waals surface area contributed by atoms with Crippen LogP contribution >= 0.6 is 0 Å². The number of para-hydroxylation sites is 4. The second-order valence-electron chi connectivity index (χ2n) is 22.1. The summed E-state index contributed by atoms with van der Waals surface area (Å²) in [5, 5.41) is 9.42. The third kappa shape index (κ3) is 5.72. The van der Waals surface area contributed by atoms with E-state index >= 15 is 0 Å². The fourth-order valence-electron chi connectivity index (χ4n) is 12.5. The molecule has 0 spiro atoms. The SMILES string of the molecule is CC(C)(C)c1ccc(N(c2ccc(C(C)(C)C)cc2)c2ccc3c(c2)N(c2cccc4c2oc2ccccc24)B2c4c(cc5oc6ccccc6c5c4-3)-n3c4ccc5ccccc5c4c4cccc2c43)cc1. The molecular weight excluding hydrogens is 878 g/mol. The quantitative estimate of drug-likeness (QED) is 0.165. The van der Waals surface area contributed by atoms with Gasteiger partial charge in [0.05, 0.1) is 16.7 Å². The molecule has 72 heavy (non-hydrogen) atoms. The number of aromatic nitrogens is 1. The summed E-state index contributed by atoms with van der Waals surface area (Å²) < 4.78 is 16.6. The summed E-state index contributed by atoms with van der Waals surface area (Å²) in [5.41, 5.74) is 19.8. The topological polar surface area (TPSA) is 37.7 Å². The van der Waals surface area contributed by atoms with Crippen LogP contribution in [0.25, 0.3) is 93.3 Å². The molecular formula is C66H50BN3O2. The Morgan fingerprint density at radius 3 is 1.78 bits per heavy atom. The van der Waals surface area contributed by atoms with Crippen LogP contribution in [0.15, 0.2) is 203 Å². The van der Waals surface area contributed by atoms with Gasteiger partial charge in [0.15, 0.2) is 5.58 Å². The Morgan fingerprint density at radius 1 is 0.444 bits per heavy atom. The van der Waals surface area contributed by atoms with Gasteiger partial charge in [0.2, 0.25) is 0 Å². The van der Waals surface area contributed by atoms with E-state index < -0.39 is 0 Å². The number of hydrogen-bond donors (Lipinski definition) is 0. The molecule has 3 aromatic heterocycles. The van der Waals surface area contributed by atoms with Crippen molar-refractivity contribution in [3.8, 4) is 16.8 Å². The molecule has 5 nitrogen and oxygen atoms in total. The van der Waals surface area contributed by atoms with Crippen LogP contribution in [0.4, 0.5) is 28.4 Å². The summed E-state index contributed by atoms with van der Waals surface area (Å²) in [6.07, 6.45) is 0. The Morgan fingerprint density at radius 2 is 1.06 bits per heavy atom. The molecule has 0 N–H and O–H groups in total. The zero-order valence-electron chi connectivity index (χ0n) is 41.2. The van der Waals surface area contributed by atoms with Crippen LogP contribution in [0, 0.1) is 0 Å². The minimum atomic E-state index is -0.257. The molecule has 0 bridgehead atoms. The second-order valence-corrected chi connectivity index (χ2v) is 22.1. The standard InChI is InChI=1S/C66H50BN3O2/c1-65(2,3)40-26-30-42(31-27-40)68(43-32-28-41(29-33-43)66(4,5)6)44-34-35-48-54(37-44)70(53-22-14-19-47-46-17-9-11-23-56(46)72-64(47)53)67-51-21-13-20-50-59-45-16-8-7-15-39(45)25-36-52(59)69(63(50)51)55-38-58-60(61(48)62(55)67)49-18-10-12-24-57(49)71-58/h7-38H,1-6H3. The first kappa shape index (κ1) is 41.3. The lowest BCUT2D eigenvalue weighted by molar-refractivity contribution is 0.590. The minimum Gasteiger partial charge on any atom is -0.456 e. The number of anilines is 5. The highest BCUT2D eigenvalue weighted by Crippen LogP contribution is 2.52. The van der Waals surface area contributed by atoms with Crippen LogP contribution in [0.2, 0.25) is 0 Å². The Balaban J connectivity index is 1.09. The molecule has 5 heterocycles. The molecule has 0 aliphatic carbocycles. The van der Waals surface area contributed by atoms with Crippen molar-refractivity contribution in [3.63, 3.8) is 0 Å². The molecule has 0 amide bonds. The normalized spacial score (nSPS) is 13.4. The van der Waals surface area contributed by atoms with Crippen LogP contribution in [0.3, 0.4) is 0 Å². The lowest BCUT2D eigenvalue weighted by Gasteiger charge is -2.42. The van der Waals surface area contributed by atoms with Crippen molar-refractivity contribution in [2.75, 3.05) is 9.71 Å². The molecule has 0 atom stereocenters. The lowest BCUT2D eigenvalue weighted by Crippen LogP contribution is -2.60. The predicted molar refractivity (Wildman–Crippen MR) is 304 cm³/mol. The first-order chi connectivity index (χ1) is 35.0. The van der Waals surface area contributed by atoms with E-state index in [9.17, 15) is 0 Å². The average Bonchev–Trinajstić information content (AvgIpc) is 4.08. The smallest absolute Gasteiger partial charge is 0.333 e. The van der Waals surface area contributed by atoms with E-state index in [0.717, 1.165) is 83.6 Å². The largest absolute Gasteiger partial charge is 0.456 e. The molecule has 0 unspecified atom stereocenters. The summed E-state index contributed by atoms with van der Waals surface area (Å²) >= 11 is 0. The predicted octanol–water partition coefficient (Wildman–Crippen LogP) is 17.0. The first-order valence-corrected chi connectivity index (χ1v) is 25.3. The number of benzene rings is 10. The fraction of sp³-hybridized carbons (Fsp3) is 0.121. The average molecular weight is 928 g/mol. The van der Waals surface area contributed by atoms with Gasteiger partial charge >= 0.3 is 6.85 Å². The number of nitrogens with zero attached hydrogens (tertiary/aromatic N) is 3. The van der Waals surface area contributed by atoms with Crippen LogP contribution in [-0.4, -0.2) is 11.4 Å². The Labute approximate surface area is 418 Å². The Hall–Kier alpha value is -8.48. The minimum absolute atomic E-state index is 0.0121. The molecule has 344 valence electrons. The van der Waals surface area contributed by atoms with Crippen LogP contribution in [0.5, 0.6) is 0 Å². The second kappa shape index (κ2) is 14.6. The summed E-state index contributed by atoms with van der Waals surface area (Å²) in [6.45, 7) is 13.4. The summed E-state index contributed by atoms with van der Waals surface area (Å²) in [5.74, 6) is 0. The molecule has 10 aromatic carbocycles. The van der Waals surface area contributed by atoms with Crippen molar-refractivity contribution in [2.24, 2.45) is 0 Å². The van der Waals surface area contributed by atoms with Crippen molar-refractivity contribution in [1.82, 2.24) is 4.57 Å². The highest BCUT2D eigenvalue weighted by atomic mass is 16.3. The fourth-order valence-corrected chi connectivity index (χ4v) is 12.5. The van der Waals surface area contributed by atoms with E-state index in [-0.39, 0.29) is 17.7 Å². The molecule has 0 fully saturated rings. The van der Waals surface area contributed by atoms with Gasteiger partial charge in [-0.05, 0) is 110 Å². The highest BCUT2D eigenvalue weighted by Gasteiger charge is 2.46. The van der Waals surface area contributed by atoms with Crippen LogP contribution in [0.1, 0.15) is 52.7 Å². The van der Waals surface area contributed by atoms with E-state index in [1.807, 2.05) is 0 Å². The molecule has 0 saturated heterocycles. The molecule has 2 aliphatic heterocycles. The number of hydrogen-bond acceptors (Lipinski definition) is 4. The Bertz CT molecular complexity index is 4370. The molecule has 6 heteroatoms. The van der Waals surface area contributed by atoms with Gasteiger partial charge in [0.25, 0.3) is 0 Å². The van der Waals surface area contributed by atoms with Gasteiger partial charge in [-0.2, -0.15) is 0 Å². The van der Waals surface area contributed by atoms with Gasteiger partial charge < -0.3 is 23.1 Å². The number of furan rings is 2. The van der Waals surface area contributed by atoms with E-state index in [4.69, 9.17) is 8.83 Å². The monoisotopic (exact) mass is 927 g/mol. The number of rotatable bonds is 4. The van der Waals surface area contributed by atoms with E-state index in [2.05, 4.69) is 250 Å². The number of fused-ring (bicyclic) bond motifs is 16. The van der Waals surface area contributed by atoms with Gasteiger partial charge in [-0.15, -0.1) is 0 Å². The van der Waals surface area contributed by atoms with Crippen molar-refractivity contribution < 1.29 is 8.83 Å². The van der Waals surface area contributed by atoms with E-state index in [1.54, 1.807) is 0 Å². The van der Waals surface area contributed by atoms with Crippen molar-refractivity contribution in [2.45, 2.75) is 52.4 Å². The lowest BCUT2D eigenvalue weighted by atomic mass is 9.43. The zero-order valence-corrected chi connectivity index (χ0v) is 41.2. The van der Waals surface area contributed by atoms with Gasteiger partial charge in [-0.1, -0.05) is 169 Å². The molecule has 15 rings (SSSR count). The van der Waals surface area contributed by atoms with Gasteiger partial charge in [0, 0.05) is 72.4 Å². The molecule has 0 radical (unpaired) electrons. The van der Waals surface area contributed by atoms with Crippen molar-refractivity contribution in [1.29, 1.82) is 0 Å². The van der Waals surface area contributed by atoms with Crippen LogP contribution < -0.4 is 20.6 Å². The maximum absolute atomic E-state index is 7.06. The van der Waals surface area contributed by atoms with Crippen LogP contribution in [-0.2, 0) is 10.8 Å². The molecule has 0 saturated carbocycles. The summed E-state index contributed by atoms with van der Waals surface area (Å²) in [7, 11) is 0. The Kier molecular flexibility index (Phi) is 8.35. The third-order valence-electron chi connectivity index (χ3n) is 15.9. The summed E-state index contributed by atoms with van der Waals surface area (Å²) in [4.78, 5) is 5.04. The first-order valence-electron chi connectivity index (χ1n) is 25.3. The van der Waals surface area contributed by atoms with Gasteiger partial charge in [-0.25, -0.2) is 0 Å². The van der Waals surface area contributed by atoms with Crippen molar-refractivity contribution >= 4 is 123 Å². The van der Waals surface area contributed by atoms with Gasteiger partial charge in [-0.3, -0.25) is 0 Å². The van der Waals surface area contributed by atoms with Gasteiger partial charge in [0.1, 0.15) is 16.7 Å². The maximum Gasteiger partial charge on any atom is 0.333 e. The molecule has 2 aliphatic rings. The van der Waals surface area contributed by atoms with E-state index in [1.165, 1.54) is 60.2 Å². The summed E-state index contributed by atoms with van der Waals surface area (Å²) in [6, 6.07) is 71.9. The third-order valence-corrected chi connectivity index (χ3v) is 15.9. The maximum atomic E-state index is 7.06. The molecule has 13 aromatic rings. The highest BCUT2D eigenvalue weighted by molar-refractivity contribution is 6.94. The van der Waals surface area contributed by atoms with Crippen molar-refractivity contribution in [3.05, 3.63) is 205 Å². The van der Waals surface area contributed by atoms with E-state index in [0.29, 0.717) is 0 Å².